The number of nitrogens with zero attached hydrogens (tertiary/aromatic N) is 3. The van der Waals surface area contributed by atoms with Gasteiger partial charge in [0.1, 0.15) is 27.9 Å². The summed E-state index contributed by atoms with van der Waals surface area (Å²) < 4.78 is 48.2. The summed E-state index contributed by atoms with van der Waals surface area (Å²) in [5.41, 5.74) is -0.199. The van der Waals surface area contributed by atoms with Gasteiger partial charge in [-0.15, -0.1) is 11.3 Å². The lowest BCUT2D eigenvalue weighted by molar-refractivity contribution is -0.144. The first-order chi connectivity index (χ1) is 18.9. The van der Waals surface area contributed by atoms with E-state index >= 15 is 0 Å². The first kappa shape index (κ1) is 29.0. The van der Waals surface area contributed by atoms with Crippen LogP contribution in [0.4, 0.5) is 5.00 Å². The van der Waals surface area contributed by atoms with E-state index in [-0.39, 0.29) is 17.6 Å². The Morgan fingerprint density at radius 2 is 2.02 bits per heavy atom. The average Bonchev–Trinajstić information content (AvgIpc) is 3.54. The van der Waals surface area contributed by atoms with Gasteiger partial charge in [0, 0.05) is 29.4 Å². The van der Waals surface area contributed by atoms with Crippen molar-refractivity contribution in [2.75, 3.05) is 24.1 Å². The monoisotopic (exact) mass is 625 g/mol. The molecule has 0 unspecified atom stereocenters. The van der Waals surface area contributed by atoms with Crippen molar-refractivity contribution >= 4 is 61.3 Å². The van der Waals surface area contributed by atoms with Crippen LogP contribution in [-0.2, 0) is 24.5 Å². The van der Waals surface area contributed by atoms with Crippen molar-refractivity contribution < 1.29 is 32.2 Å². The lowest BCUT2D eigenvalue weighted by atomic mass is 10.0. The molecule has 1 N–H and O–H groups in total. The predicted molar refractivity (Wildman–Crippen MR) is 155 cm³/mol. The molecule has 1 aromatic carbocycles. The molecule has 5 rings (SSSR count). The Kier molecular flexibility index (Phi) is 7.98. The van der Waals surface area contributed by atoms with Crippen molar-refractivity contribution in [2.45, 2.75) is 51.4 Å². The van der Waals surface area contributed by atoms with Crippen LogP contribution in [0.1, 0.15) is 49.5 Å². The first-order valence-electron chi connectivity index (χ1n) is 12.6. The average molecular weight is 626 g/mol. The molecule has 1 saturated heterocycles. The fourth-order valence-electron chi connectivity index (χ4n) is 4.83. The van der Waals surface area contributed by atoms with Crippen LogP contribution in [0.2, 0.25) is 5.02 Å². The molecular weight excluding hydrogens is 598 g/mol. The number of ether oxygens (including phenoxy) is 2. The summed E-state index contributed by atoms with van der Waals surface area (Å²) in [6.45, 7) is 5.30. The van der Waals surface area contributed by atoms with Gasteiger partial charge >= 0.3 is 16.2 Å². The van der Waals surface area contributed by atoms with E-state index in [1.165, 1.54) is 30.6 Å². The van der Waals surface area contributed by atoms with Gasteiger partial charge in [-0.2, -0.15) is 8.42 Å². The van der Waals surface area contributed by atoms with Gasteiger partial charge in [-0.3, -0.25) is 0 Å². The molecule has 2 aliphatic rings. The summed E-state index contributed by atoms with van der Waals surface area (Å²) in [5, 5.41) is 10.8. The fourth-order valence-corrected chi connectivity index (χ4v) is 9.25. The number of anilines is 1. The molecular formula is C26H28ClN3O7S3. The smallest absolute Gasteiger partial charge is 0.330 e. The van der Waals surface area contributed by atoms with Gasteiger partial charge in [-0.1, -0.05) is 42.0 Å². The number of hydrogen-bond acceptors (Lipinski definition) is 9. The highest BCUT2D eigenvalue weighted by molar-refractivity contribution is 7.93. The summed E-state index contributed by atoms with van der Waals surface area (Å²) >= 11 is 13.4. The first-order valence-corrected chi connectivity index (χ1v) is 15.6. The van der Waals surface area contributed by atoms with Crippen LogP contribution in [0.5, 0.6) is 0 Å². The zero-order valence-electron chi connectivity index (χ0n) is 22.0. The number of thiocarbonyl (C=S) groups is 1. The molecule has 14 heteroatoms. The second kappa shape index (κ2) is 11.0. The summed E-state index contributed by atoms with van der Waals surface area (Å²) in [4.78, 5) is 17.1. The highest BCUT2D eigenvalue weighted by Crippen LogP contribution is 2.48. The Hall–Kier alpha value is -2.55. The second-order valence-corrected chi connectivity index (χ2v) is 13.5. The number of rotatable bonds is 8. The molecule has 2 aliphatic heterocycles. The molecule has 1 atom stereocenters. The number of fused-ring (bicyclic) bond motifs is 1. The van der Waals surface area contributed by atoms with Gasteiger partial charge in [0.05, 0.1) is 23.7 Å². The molecule has 0 bridgehead atoms. The van der Waals surface area contributed by atoms with Gasteiger partial charge in [0.2, 0.25) is 5.89 Å². The van der Waals surface area contributed by atoms with Crippen molar-refractivity contribution in [3.8, 4) is 10.8 Å². The topological polar surface area (TPSA) is 122 Å². The van der Waals surface area contributed by atoms with Crippen molar-refractivity contribution in [2.24, 2.45) is 0 Å². The third-order valence-corrected chi connectivity index (χ3v) is 11.3. The van der Waals surface area contributed by atoms with Gasteiger partial charge in [0.25, 0.3) is 0 Å². The van der Waals surface area contributed by atoms with Crippen molar-refractivity contribution in [1.29, 1.82) is 0 Å². The lowest BCUT2D eigenvalue weighted by Gasteiger charge is -2.44. The number of carbonyl (C=O) groups is 1. The van der Waals surface area contributed by atoms with Crippen molar-refractivity contribution in [1.82, 2.24) is 9.29 Å². The zero-order chi connectivity index (χ0) is 28.8. The zero-order valence-corrected chi connectivity index (χ0v) is 25.2. The Morgan fingerprint density at radius 1 is 1.32 bits per heavy atom. The Morgan fingerprint density at radius 3 is 2.65 bits per heavy atom. The number of oxazole rings is 1. The molecule has 0 spiro atoms. The van der Waals surface area contributed by atoms with Crippen LogP contribution in [-0.4, -0.2) is 65.2 Å². The highest BCUT2D eigenvalue weighted by atomic mass is 35.5. The third-order valence-electron chi connectivity index (χ3n) is 7.03. The van der Waals surface area contributed by atoms with Crippen LogP contribution in [0.15, 0.2) is 41.1 Å². The summed E-state index contributed by atoms with van der Waals surface area (Å²) in [6.07, 6.45) is 3.27. The van der Waals surface area contributed by atoms with Crippen molar-refractivity contribution in [3.63, 3.8) is 0 Å². The van der Waals surface area contributed by atoms with E-state index in [2.05, 4.69) is 4.98 Å². The molecule has 4 heterocycles. The highest BCUT2D eigenvalue weighted by Gasteiger charge is 2.52. The number of carboxylic acids is 1. The number of aliphatic carboxylic acids is 1. The fraction of sp³-hybridized carbons (Fsp3) is 0.423. The van der Waals surface area contributed by atoms with E-state index in [1.807, 2.05) is 6.07 Å². The predicted octanol–water partition coefficient (Wildman–Crippen LogP) is 5.21. The molecule has 3 aromatic rings. The van der Waals surface area contributed by atoms with E-state index in [0.29, 0.717) is 63.5 Å². The standard InChI is InChI=1S/C26H28ClN3O7S3/c1-15-20-23(38)30(26(2,3)25(31)32)40(33,34)29(24(20)39-21(15)22-28-10-13-36-22)14-19(17-6-4-5-7-18(17)27)37-16-8-11-35-12-9-16/h4-7,10,13,16,19H,8-9,11-12,14H2,1-3H3,(H,31,32)/t19-/m0/s1. The van der Waals surface area contributed by atoms with Crippen LogP contribution in [0, 0.1) is 6.92 Å². The Bertz CT molecular complexity index is 1530. The van der Waals surface area contributed by atoms with Crippen LogP contribution < -0.4 is 4.31 Å². The summed E-state index contributed by atoms with van der Waals surface area (Å²) in [6, 6.07) is 7.11. The number of carboxylic acid groups (broad SMARTS) is 1. The minimum atomic E-state index is -4.50. The maximum absolute atomic E-state index is 14.3. The number of hydrogen-bond donors (Lipinski definition) is 1. The Labute approximate surface area is 246 Å². The van der Waals surface area contributed by atoms with E-state index in [1.54, 1.807) is 25.1 Å². The number of benzene rings is 1. The quantitative estimate of drug-likeness (QED) is 0.336. The third kappa shape index (κ3) is 5.03. The van der Waals surface area contributed by atoms with Gasteiger partial charge in [-0.25, -0.2) is 18.4 Å². The molecule has 0 amide bonds. The molecule has 2 aromatic heterocycles. The normalized spacial score (nSPS) is 18.6. The van der Waals surface area contributed by atoms with Gasteiger partial charge in [-0.05, 0) is 45.2 Å². The van der Waals surface area contributed by atoms with Gasteiger partial charge in [0.15, 0.2) is 0 Å². The van der Waals surface area contributed by atoms with Crippen LogP contribution in [0.3, 0.4) is 0 Å². The number of thiophene rings is 1. The van der Waals surface area contributed by atoms with E-state index in [9.17, 15) is 18.3 Å². The maximum atomic E-state index is 14.3. The van der Waals surface area contributed by atoms with Crippen LogP contribution in [0.25, 0.3) is 10.8 Å². The lowest BCUT2D eigenvalue weighted by Crippen LogP contribution is -2.62. The number of halogens is 1. The maximum Gasteiger partial charge on any atom is 0.330 e. The van der Waals surface area contributed by atoms with E-state index in [4.69, 9.17) is 37.7 Å². The van der Waals surface area contributed by atoms with Gasteiger partial charge < -0.3 is 19.0 Å². The molecule has 1 fully saturated rings. The minimum Gasteiger partial charge on any atom is -0.479 e. The van der Waals surface area contributed by atoms with Crippen molar-refractivity contribution in [3.05, 3.63) is 58.4 Å². The van der Waals surface area contributed by atoms with E-state index < -0.39 is 27.8 Å². The molecule has 0 radical (unpaired) electrons. The van der Waals surface area contributed by atoms with Crippen LogP contribution >= 0.6 is 35.2 Å². The molecule has 0 aliphatic carbocycles. The summed E-state index contributed by atoms with van der Waals surface area (Å²) in [7, 11) is -4.50. The Balaban J connectivity index is 1.68. The minimum absolute atomic E-state index is 0.107. The molecule has 40 heavy (non-hydrogen) atoms. The second-order valence-electron chi connectivity index (χ2n) is 10.0. The largest absolute Gasteiger partial charge is 0.479 e. The molecule has 10 nitrogen and oxygen atoms in total. The van der Waals surface area contributed by atoms with E-state index in [0.717, 1.165) is 15.6 Å². The molecule has 214 valence electrons. The SMILES string of the molecule is Cc1c(-c2ncco2)sc2c1C(=S)N(C(C)(C)C(=O)O)S(=O)(=O)N2C[C@H](OC1CCOCC1)c1ccccc1Cl. The summed E-state index contributed by atoms with van der Waals surface area (Å²) in [5.74, 6) is -1.04. The molecule has 0 saturated carbocycles. The number of aromatic nitrogens is 1.